The van der Waals surface area contributed by atoms with Gasteiger partial charge < -0.3 is 62.1 Å². The first-order valence-electron chi connectivity index (χ1n) is 14.3. The molecule has 1 N–H and O–H groups in total. The minimum atomic E-state index is -0.872. The van der Waals surface area contributed by atoms with E-state index < -0.39 is 5.97 Å². The topological polar surface area (TPSA) is 142 Å². The number of hydrogen-bond acceptors (Lipinski definition) is 13. The van der Waals surface area contributed by atoms with Crippen molar-refractivity contribution in [2.75, 3.05) is 166 Å². The number of ether oxygens (including phenoxy) is 11. The van der Waals surface area contributed by atoms with Crippen molar-refractivity contribution in [3.8, 4) is 0 Å². The number of aliphatic carboxylic acids is 1. The van der Waals surface area contributed by atoms with Crippen molar-refractivity contribution < 1.29 is 62.0 Å². The molecule has 0 aliphatic heterocycles. The molecule has 0 aromatic rings. The van der Waals surface area contributed by atoms with Crippen molar-refractivity contribution in [2.45, 2.75) is 6.42 Å². The van der Waals surface area contributed by atoms with Gasteiger partial charge in [0.25, 0.3) is 0 Å². The Balaban J connectivity index is 3.04. The van der Waals surface area contributed by atoms with Gasteiger partial charge in [0.1, 0.15) is 0 Å². The van der Waals surface area contributed by atoms with Crippen LogP contribution >= 0.6 is 0 Å². The second-order valence-corrected chi connectivity index (χ2v) is 8.68. The first kappa shape index (κ1) is 40.0. The Morgan fingerprint density at radius 2 is 0.585 bits per heavy atom. The lowest BCUT2D eigenvalue weighted by Gasteiger charge is -2.10. The molecule has 0 saturated heterocycles. The summed E-state index contributed by atoms with van der Waals surface area (Å²) in [4.78, 5) is 12.4. The lowest BCUT2D eigenvalue weighted by molar-refractivity contribution is -0.138. The predicted octanol–water partition coefficient (Wildman–Crippen LogP) is 0.205. The van der Waals surface area contributed by atoms with E-state index in [1.165, 1.54) is 0 Å². The van der Waals surface area contributed by atoms with E-state index in [1.54, 1.807) is 0 Å². The van der Waals surface area contributed by atoms with Gasteiger partial charge in [0.15, 0.2) is 0 Å². The molecule has 0 aromatic heterocycles. The standard InChI is InChI=1S/C27H55NO13/c1-28(2)4-6-32-8-10-34-12-14-36-16-18-38-20-22-40-24-26-41-25-23-39-21-19-37-17-15-35-13-11-33-9-7-31-5-3-27(29)30/h3-26H2,1-2H3,(H,29,30). The third-order valence-corrected chi connectivity index (χ3v) is 4.86. The van der Waals surface area contributed by atoms with Crippen molar-refractivity contribution in [2.24, 2.45) is 0 Å². The van der Waals surface area contributed by atoms with E-state index in [9.17, 15) is 4.79 Å². The molecule has 14 nitrogen and oxygen atoms in total. The molecule has 0 bridgehead atoms. The third-order valence-electron chi connectivity index (χ3n) is 4.86. The summed E-state index contributed by atoms with van der Waals surface area (Å²) >= 11 is 0. The summed E-state index contributed by atoms with van der Waals surface area (Å²) < 4.78 is 59.4. The smallest absolute Gasteiger partial charge is 0.305 e. The molecule has 0 aliphatic rings. The zero-order valence-electron chi connectivity index (χ0n) is 25.3. The average molecular weight is 602 g/mol. The number of rotatable bonds is 36. The third kappa shape index (κ3) is 39.0. The SMILES string of the molecule is CN(C)CCOCCOCCOCCOCCOCCOCCOCCOCCOCCOCCOCCC(=O)O. The normalized spacial score (nSPS) is 11.6. The Bertz CT molecular complexity index is 518. The summed E-state index contributed by atoms with van der Waals surface area (Å²) in [7, 11) is 4.03. The van der Waals surface area contributed by atoms with Gasteiger partial charge in [0.2, 0.25) is 0 Å². The monoisotopic (exact) mass is 601 g/mol. The first-order chi connectivity index (χ1) is 20.1. The largest absolute Gasteiger partial charge is 0.481 e. The molecule has 41 heavy (non-hydrogen) atoms. The zero-order valence-corrected chi connectivity index (χ0v) is 25.3. The van der Waals surface area contributed by atoms with Gasteiger partial charge in [-0.25, -0.2) is 0 Å². The summed E-state index contributed by atoms with van der Waals surface area (Å²) in [5.41, 5.74) is 0. The van der Waals surface area contributed by atoms with Crippen molar-refractivity contribution in [1.29, 1.82) is 0 Å². The van der Waals surface area contributed by atoms with E-state index in [0.29, 0.717) is 139 Å². The number of carbonyl (C=O) groups is 1. The summed E-state index contributed by atoms with van der Waals surface area (Å²) in [5.74, 6) is -0.872. The number of hydrogen-bond donors (Lipinski definition) is 1. The van der Waals surface area contributed by atoms with Gasteiger partial charge in [-0.05, 0) is 14.1 Å². The lowest BCUT2D eigenvalue weighted by atomic mass is 10.5. The summed E-state index contributed by atoms with van der Waals surface area (Å²) in [5, 5.41) is 8.47. The molecule has 14 heteroatoms. The molecular formula is C27H55NO13. The molecular weight excluding hydrogens is 546 g/mol. The van der Waals surface area contributed by atoms with E-state index in [2.05, 4.69) is 4.90 Å². The first-order valence-corrected chi connectivity index (χ1v) is 14.3. The highest BCUT2D eigenvalue weighted by atomic mass is 16.6. The lowest BCUT2D eigenvalue weighted by Crippen LogP contribution is -2.19. The molecule has 0 amide bonds. The molecule has 0 saturated carbocycles. The maximum Gasteiger partial charge on any atom is 0.305 e. The van der Waals surface area contributed by atoms with E-state index in [0.717, 1.165) is 6.54 Å². The Hall–Kier alpha value is -1.01. The van der Waals surface area contributed by atoms with Crippen LogP contribution in [0.25, 0.3) is 0 Å². The van der Waals surface area contributed by atoms with E-state index in [4.69, 9.17) is 57.2 Å². The molecule has 0 spiro atoms. The molecule has 0 heterocycles. The van der Waals surface area contributed by atoms with Gasteiger partial charge in [0, 0.05) is 6.54 Å². The molecule has 0 aliphatic carbocycles. The van der Waals surface area contributed by atoms with E-state index >= 15 is 0 Å². The van der Waals surface area contributed by atoms with Gasteiger partial charge in [-0.15, -0.1) is 0 Å². The molecule has 0 atom stereocenters. The number of carboxylic acid groups (broad SMARTS) is 1. The van der Waals surface area contributed by atoms with Crippen LogP contribution in [-0.4, -0.2) is 182 Å². The average Bonchev–Trinajstić information content (AvgIpc) is 2.94. The Labute approximate surface area is 245 Å². The maximum atomic E-state index is 10.3. The second kappa shape index (κ2) is 35.2. The minimum absolute atomic E-state index is 0.000123. The zero-order chi connectivity index (χ0) is 29.9. The van der Waals surface area contributed by atoms with Crippen molar-refractivity contribution in [3.63, 3.8) is 0 Å². The Kier molecular flexibility index (Phi) is 34.3. The van der Waals surface area contributed by atoms with Crippen LogP contribution in [0.5, 0.6) is 0 Å². The van der Waals surface area contributed by atoms with Gasteiger partial charge >= 0.3 is 5.97 Å². The van der Waals surface area contributed by atoms with Gasteiger partial charge in [-0.2, -0.15) is 0 Å². The number of likely N-dealkylation sites (N-methyl/N-ethyl adjacent to an activating group) is 1. The number of nitrogens with zero attached hydrogens (tertiary/aromatic N) is 1. The fourth-order valence-corrected chi connectivity index (χ4v) is 2.71. The predicted molar refractivity (Wildman–Crippen MR) is 150 cm³/mol. The summed E-state index contributed by atoms with van der Waals surface area (Å²) in [6, 6.07) is 0. The highest BCUT2D eigenvalue weighted by molar-refractivity contribution is 5.66. The van der Waals surface area contributed by atoms with Crippen LogP contribution in [0.4, 0.5) is 0 Å². The van der Waals surface area contributed by atoms with Crippen molar-refractivity contribution in [3.05, 3.63) is 0 Å². The summed E-state index contributed by atoms with van der Waals surface area (Å²) in [6.45, 7) is 11.8. The van der Waals surface area contributed by atoms with Crippen LogP contribution in [0.1, 0.15) is 6.42 Å². The highest BCUT2D eigenvalue weighted by Gasteiger charge is 1.98. The van der Waals surface area contributed by atoms with Crippen LogP contribution in [0.15, 0.2) is 0 Å². The molecule has 0 fully saturated rings. The van der Waals surface area contributed by atoms with E-state index in [-0.39, 0.29) is 13.0 Å². The molecule has 0 radical (unpaired) electrons. The molecule has 0 aromatic carbocycles. The second-order valence-electron chi connectivity index (χ2n) is 8.68. The van der Waals surface area contributed by atoms with Gasteiger partial charge in [-0.1, -0.05) is 0 Å². The van der Waals surface area contributed by atoms with Crippen molar-refractivity contribution >= 4 is 5.97 Å². The molecule has 246 valence electrons. The van der Waals surface area contributed by atoms with Crippen LogP contribution in [0, 0.1) is 0 Å². The maximum absolute atomic E-state index is 10.3. The van der Waals surface area contributed by atoms with Gasteiger partial charge in [-0.3, -0.25) is 4.79 Å². The van der Waals surface area contributed by atoms with E-state index in [1.807, 2.05) is 14.1 Å². The molecule has 0 rings (SSSR count). The summed E-state index contributed by atoms with van der Waals surface area (Å²) in [6.07, 6.45) is -0.000123. The number of carboxylic acids is 1. The van der Waals surface area contributed by atoms with Crippen LogP contribution < -0.4 is 0 Å². The van der Waals surface area contributed by atoms with Crippen LogP contribution in [-0.2, 0) is 56.9 Å². The van der Waals surface area contributed by atoms with Crippen LogP contribution in [0.2, 0.25) is 0 Å². The highest BCUT2D eigenvalue weighted by Crippen LogP contribution is 1.88. The van der Waals surface area contributed by atoms with Crippen LogP contribution in [0.3, 0.4) is 0 Å². The molecule has 0 unspecified atom stereocenters. The fourth-order valence-electron chi connectivity index (χ4n) is 2.71. The Morgan fingerprint density at radius 1 is 0.390 bits per heavy atom. The quantitative estimate of drug-likeness (QED) is 0.0978. The minimum Gasteiger partial charge on any atom is -0.481 e. The fraction of sp³-hybridized carbons (Fsp3) is 0.963. The van der Waals surface area contributed by atoms with Crippen molar-refractivity contribution in [1.82, 2.24) is 4.90 Å². The van der Waals surface area contributed by atoms with Gasteiger partial charge in [0.05, 0.1) is 152 Å². The Morgan fingerprint density at radius 3 is 0.780 bits per heavy atom.